The lowest BCUT2D eigenvalue weighted by molar-refractivity contribution is 0.768. The lowest BCUT2D eigenvalue weighted by Gasteiger charge is -2.34. The van der Waals surface area contributed by atoms with Crippen molar-refractivity contribution in [3.05, 3.63) is 294 Å². The number of hydrogen-bond donors (Lipinski definition) is 0. The van der Waals surface area contributed by atoms with E-state index in [2.05, 4.69) is 259 Å². The lowest BCUT2D eigenvalue weighted by Crippen LogP contribution is -2.28. The molecule has 0 N–H and O–H groups in total. The van der Waals surface area contributed by atoms with Gasteiger partial charge in [-0.3, -0.25) is 0 Å². The van der Waals surface area contributed by atoms with Crippen molar-refractivity contribution in [2.24, 2.45) is 0 Å². The summed E-state index contributed by atoms with van der Waals surface area (Å²) in [6.07, 6.45) is 0. The third-order valence-electron chi connectivity index (χ3n) is 14.9. The first-order chi connectivity index (χ1) is 33.2. The molecule has 1 heteroatoms. The molecule has 11 aromatic carbocycles. The van der Waals surface area contributed by atoms with Gasteiger partial charge in [0.25, 0.3) is 0 Å². The molecule has 14 rings (SSSR count). The second-order valence-electron chi connectivity index (χ2n) is 18.4. The van der Waals surface area contributed by atoms with Gasteiger partial charge in [-0.2, -0.15) is 0 Å². The smallest absolute Gasteiger partial charge is 0.0713 e. The average Bonchev–Trinajstić information content (AvgIpc) is 4.02. The van der Waals surface area contributed by atoms with Crippen LogP contribution in [0.15, 0.2) is 255 Å². The highest BCUT2D eigenvalue weighted by atomic mass is 15.0. The second-order valence-corrected chi connectivity index (χ2v) is 18.4. The Morgan fingerprint density at radius 3 is 1.76 bits per heavy atom. The van der Waals surface area contributed by atoms with Crippen LogP contribution in [0.1, 0.15) is 44.9 Å². The third kappa shape index (κ3) is 5.62. The summed E-state index contributed by atoms with van der Waals surface area (Å²) in [6, 6.07) is 95.3. The lowest BCUT2D eigenvalue weighted by atomic mass is 9.67. The van der Waals surface area contributed by atoms with E-state index in [-0.39, 0.29) is 5.92 Å². The summed E-state index contributed by atoms with van der Waals surface area (Å²) in [6.45, 7) is 0. The van der Waals surface area contributed by atoms with E-state index in [1.165, 1.54) is 122 Å². The molecule has 0 saturated heterocycles. The van der Waals surface area contributed by atoms with Crippen LogP contribution in [0, 0.1) is 0 Å². The molecule has 2 aliphatic rings. The molecule has 0 aliphatic heterocycles. The molecule has 0 radical (unpaired) electrons. The Balaban J connectivity index is 0.996. The SMILES string of the molecule is c1ccc(-c2cccc(C3c4ccc(-c5ccc6c(c5)c5ccccc5n6-c5ccc6ccccc6c5)cc4-c4cc5c(cc43)-c3ccccc3C5(c3ccccc3)c3ccccc3)c2)cc1. The number of fused-ring (bicyclic) bond motifs is 10. The Morgan fingerprint density at radius 1 is 0.313 bits per heavy atom. The second kappa shape index (κ2) is 14.8. The number of aromatic nitrogens is 1. The van der Waals surface area contributed by atoms with E-state index < -0.39 is 5.41 Å². The highest BCUT2D eigenvalue weighted by molar-refractivity contribution is 6.11. The summed E-state index contributed by atoms with van der Waals surface area (Å²) < 4.78 is 2.43. The number of para-hydroxylation sites is 1. The van der Waals surface area contributed by atoms with Crippen molar-refractivity contribution in [1.29, 1.82) is 0 Å². The predicted molar refractivity (Wildman–Crippen MR) is 279 cm³/mol. The van der Waals surface area contributed by atoms with E-state index >= 15 is 0 Å². The van der Waals surface area contributed by atoms with Crippen molar-refractivity contribution in [3.63, 3.8) is 0 Å². The van der Waals surface area contributed by atoms with Crippen LogP contribution in [0.2, 0.25) is 0 Å². The number of hydrogen-bond acceptors (Lipinski definition) is 0. The molecular formula is C66H43N. The van der Waals surface area contributed by atoms with Gasteiger partial charge < -0.3 is 4.57 Å². The van der Waals surface area contributed by atoms with E-state index in [4.69, 9.17) is 0 Å². The first kappa shape index (κ1) is 37.8. The van der Waals surface area contributed by atoms with E-state index in [9.17, 15) is 0 Å². The molecule has 1 unspecified atom stereocenters. The van der Waals surface area contributed by atoms with Gasteiger partial charge in [0.05, 0.1) is 16.4 Å². The Morgan fingerprint density at radius 2 is 0.940 bits per heavy atom. The van der Waals surface area contributed by atoms with Crippen molar-refractivity contribution < 1.29 is 0 Å². The van der Waals surface area contributed by atoms with Gasteiger partial charge in [0.2, 0.25) is 0 Å². The Labute approximate surface area is 390 Å². The highest BCUT2D eigenvalue weighted by Gasteiger charge is 2.47. The fourth-order valence-electron chi connectivity index (χ4n) is 12.0. The van der Waals surface area contributed by atoms with E-state index in [1.807, 2.05) is 0 Å². The third-order valence-corrected chi connectivity index (χ3v) is 14.9. The van der Waals surface area contributed by atoms with Gasteiger partial charge >= 0.3 is 0 Å². The average molecular weight is 850 g/mol. The standard InChI is InChI=1S/C66H43N/c1-4-17-43(18-5-1)45-21-16-22-49(37-45)65-55-35-32-47(48-33-36-64-59(40-48)54-28-13-15-30-63(54)67(64)52-34-31-44-19-10-11-20-46(44)38-52)39-56(55)57-42-62-58(41-60(57)65)53-27-12-14-29-61(53)66(62,50-23-6-2-7-24-50)51-25-8-3-9-26-51/h1-42,65H. The summed E-state index contributed by atoms with van der Waals surface area (Å²) in [5.41, 5.74) is 22.5. The zero-order valence-corrected chi connectivity index (χ0v) is 36.8. The first-order valence-corrected chi connectivity index (χ1v) is 23.4. The molecule has 0 amide bonds. The van der Waals surface area contributed by atoms with Crippen LogP contribution in [-0.2, 0) is 5.41 Å². The first-order valence-electron chi connectivity index (χ1n) is 23.4. The number of nitrogens with zero attached hydrogens (tertiary/aromatic N) is 1. The summed E-state index contributed by atoms with van der Waals surface area (Å²) >= 11 is 0. The van der Waals surface area contributed by atoms with Gasteiger partial charge in [-0.25, -0.2) is 0 Å². The zero-order valence-electron chi connectivity index (χ0n) is 36.8. The van der Waals surface area contributed by atoms with Crippen LogP contribution in [0.3, 0.4) is 0 Å². The van der Waals surface area contributed by atoms with Crippen LogP contribution in [0.5, 0.6) is 0 Å². The fourth-order valence-corrected chi connectivity index (χ4v) is 12.0. The van der Waals surface area contributed by atoms with Gasteiger partial charge in [-0.1, -0.05) is 206 Å². The van der Waals surface area contributed by atoms with Gasteiger partial charge in [-0.15, -0.1) is 0 Å². The molecule has 0 spiro atoms. The van der Waals surface area contributed by atoms with Gasteiger partial charge in [0.1, 0.15) is 0 Å². The highest BCUT2D eigenvalue weighted by Crippen LogP contribution is 2.60. The maximum Gasteiger partial charge on any atom is 0.0713 e. The molecule has 0 fully saturated rings. The fraction of sp³-hybridized carbons (Fsp3) is 0.0303. The molecule has 2 aliphatic carbocycles. The zero-order chi connectivity index (χ0) is 44.1. The molecule has 1 nitrogen and oxygen atoms in total. The van der Waals surface area contributed by atoms with Crippen molar-refractivity contribution in [2.75, 3.05) is 0 Å². The molecule has 0 saturated carbocycles. The van der Waals surface area contributed by atoms with Crippen molar-refractivity contribution in [2.45, 2.75) is 11.3 Å². The largest absolute Gasteiger partial charge is 0.309 e. The minimum Gasteiger partial charge on any atom is -0.309 e. The summed E-state index contributed by atoms with van der Waals surface area (Å²) in [7, 11) is 0. The number of benzene rings is 11. The minimum atomic E-state index is -0.489. The molecule has 1 aromatic heterocycles. The number of rotatable bonds is 6. The molecule has 312 valence electrons. The maximum atomic E-state index is 2.58. The van der Waals surface area contributed by atoms with Crippen molar-refractivity contribution in [3.8, 4) is 50.2 Å². The molecule has 1 heterocycles. The minimum absolute atomic E-state index is 0.0611. The van der Waals surface area contributed by atoms with Crippen LogP contribution >= 0.6 is 0 Å². The molecule has 0 bridgehead atoms. The molecular weight excluding hydrogens is 807 g/mol. The van der Waals surface area contributed by atoms with Crippen LogP contribution < -0.4 is 0 Å². The molecule has 67 heavy (non-hydrogen) atoms. The predicted octanol–water partition coefficient (Wildman–Crippen LogP) is 16.8. The molecule has 1 atom stereocenters. The van der Waals surface area contributed by atoms with E-state index in [0.717, 1.165) is 0 Å². The normalized spacial score (nSPS) is 14.2. The Hall–Kier alpha value is -8.52. The Bertz CT molecular complexity index is 3870. The summed E-state index contributed by atoms with van der Waals surface area (Å²) in [4.78, 5) is 0. The quantitative estimate of drug-likeness (QED) is 0.157. The van der Waals surface area contributed by atoms with Crippen LogP contribution in [0.25, 0.3) is 82.8 Å². The van der Waals surface area contributed by atoms with E-state index in [0.29, 0.717) is 0 Å². The van der Waals surface area contributed by atoms with E-state index in [1.54, 1.807) is 0 Å². The molecule has 12 aromatic rings. The van der Waals surface area contributed by atoms with Gasteiger partial charge in [0, 0.05) is 22.4 Å². The monoisotopic (exact) mass is 849 g/mol. The van der Waals surface area contributed by atoms with Crippen molar-refractivity contribution in [1.82, 2.24) is 4.57 Å². The van der Waals surface area contributed by atoms with Crippen LogP contribution in [-0.4, -0.2) is 4.57 Å². The Kier molecular flexibility index (Phi) is 8.33. The van der Waals surface area contributed by atoms with Crippen LogP contribution in [0.4, 0.5) is 0 Å². The maximum absolute atomic E-state index is 2.58. The van der Waals surface area contributed by atoms with Gasteiger partial charge in [-0.05, 0) is 143 Å². The van der Waals surface area contributed by atoms with Gasteiger partial charge in [0.15, 0.2) is 0 Å². The topological polar surface area (TPSA) is 4.93 Å². The summed E-state index contributed by atoms with van der Waals surface area (Å²) in [5.74, 6) is 0.0611. The summed E-state index contributed by atoms with van der Waals surface area (Å²) in [5, 5.41) is 5.00. The van der Waals surface area contributed by atoms with Crippen molar-refractivity contribution >= 4 is 32.6 Å².